The van der Waals surface area contributed by atoms with E-state index in [1.165, 1.54) is 62.5 Å². The van der Waals surface area contributed by atoms with Gasteiger partial charge in [0, 0.05) is 0 Å². The Morgan fingerprint density at radius 2 is 1.06 bits per heavy atom. The normalized spacial score (nSPS) is 13.8. The molecule has 0 aromatic heterocycles. The maximum atomic E-state index is 12.7. The van der Waals surface area contributed by atoms with Crippen LogP contribution < -0.4 is 24.8 Å². The van der Waals surface area contributed by atoms with Crippen LogP contribution in [0.4, 0.5) is 26.3 Å². The van der Waals surface area contributed by atoms with E-state index in [1.807, 2.05) is 6.07 Å². The van der Waals surface area contributed by atoms with Crippen molar-refractivity contribution in [1.29, 1.82) is 0 Å². The summed E-state index contributed by atoms with van der Waals surface area (Å²) in [4.78, 5) is 0. The number of allylic oxidation sites excluding steroid dienone is 4. The summed E-state index contributed by atoms with van der Waals surface area (Å²) in [6.07, 6.45) is -3.31. The first-order chi connectivity index (χ1) is 22.8. The topological polar surface area (TPSA) is 0 Å². The third-order valence-electron chi connectivity index (χ3n) is 7.83. The Kier molecular flexibility index (Phi) is 14.3. The van der Waals surface area contributed by atoms with E-state index < -0.39 is 23.5 Å². The molecule has 0 heterocycles. The van der Waals surface area contributed by atoms with Crippen molar-refractivity contribution < 1.29 is 75.4 Å². The Labute approximate surface area is 315 Å². The molecule has 0 N–H and O–H groups in total. The maximum Gasteiger partial charge on any atom is -0.0771 e. The van der Waals surface area contributed by atoms with Crippen LogP contribution >= 0.6 is 0 Å². The molecule has 0 amide bonds. The molecule has 1 aliphatic rings. The van der Waals surface area contributed by atoms with Gasteiger partial charge in [-0.25, -0.2) is 5.57 Å². The van der Waals surface area contributed by atoms with Gasteiger partial charge in [0.25, 0.3) is 0 Å². The van der Waals surface area contributed by atoms with E-state index in [0.717, 1.165) is 48.5 Å². The number of halogens is 8. The van der Waals surface area contributed by atoms with Crippen molar-refractivity contribution in [1.82, 2.24) is 0 Å². The molecule has 0 saturated carbocycles. The van der Waals surface area contributed by atoms with Crippen molar-refractivity contribution in [3.63, 3.8) is 0 Å². The van der Waals surface area contributed by atoms with Gasteiger partial charge in [-0.2, -0.15) is 11.6 Å². The van der Waals surface area contributed by atoms with Gasteiger partial charge in [0.15, 0.2) is 0 Å². The second-order valence-corrected chi connectivity index (χ2v) is 12.6. The van der Waals surface area contributed by atoms with E-state index in [0.29, 0.717) is 9.12 Å². The van der Waals surface area contributed by atoms with Crippen LogP contribution in [0.5, 0.6) is 0 Å². The molecule has 7 rings (SSSR count). The van der Waals surface area contributed by atoms with E-state index in [2.05, 4.69) is 105 Å². The first-order valence-electron chi connectivity index (χ1n) is 15.2. The fraction of sp³-hybridized carbons (Fsp3) is 0.122. The summed E-state index contributed by atoms with van der Waals surface area (Å²) in [6.45, 7) is 4.29. The van der Waals surface area contributed by atoms with Gasteiger partial charge in [-0.1, -0.05) is 86.5 Å². The van der Waals surface area contributed by atoms with E-state index in [9.17, 15) is 26.3 Å². The van der Waals surface area contributed by atoms with Gasteiger partial charge < -0.3 is 24.8 Å². The van der Waals surface area contributed by atoms with E-state index in [1.54, 1.807) is 0 Å². The molecule has 0 spiro atoms. The Morgan fingerprint density at radius 3 is 1.48 bits per heavy atom. The van der Waals surface area contributed by atoms with Crippen LogP contribution in [-0.2, 0) is 36.6 Å². The summed E-state index contributed by atoms with van der Waals surface area (Å²) in [5.41, 5.74) is 2.82. The van der Waals surface area contributed by atoms with Crippen molar-refractivity contribution in [2.24, 2.45) is 5.92 Å². The van der Waals surface area contributed by atoms with Crippen LogP contribution in [0.25, 0.3) is 27.1 Å². The van der Waals surface area contributed by atoms with E-state index >= 15 is 0 Å². The van der Waals surface area contributed by atoms with Crippen molar-refractivity contribution >= 4 is 30.3 Å². The molecule has 6 aromatic carbocycles. The third-order valence-corrected chi connectivity index (χ3v) is 9.25. The summed E-state index contributed by atoms with van der Waals surface area (Å²) < 4.78 is 76.7. The summed E-state index contributed by atoms with van der Waals surface area (Å²) in [7, 11) is 0. The standard InChI is InChI=1S/C15H8F6.C13H9.C13H13.2ClH.Zr/c16-14(17,18)12-5-1-3-10(8-12)7-11-4-2-6-13(9-11)15(19,20)21;1-3-7-12-10(5-1)9-11-6-2-4-8-13(11)12;1-10-8-11(2)13(9-10)12-6-4-3-5-7-12;;;/h1-6,8-9H;1-9H;3-7,9-10H,1-2H3;2*1H;/q;2*-1;;;+2/p-2. The second-order valence-electron chi connectivity index (χ2n) is 11.4. The van der Waals surface area contributed by atoms with Gasteiger partial charge in [0.1, 0.15) is 0 Å². The molecule has 1 atom stereocenters. The number of fused-ring (bicyclic) bond motifs is 3. The Morgan fingerprint density at radius 1 is 0.620 bits per heavy atom. The molecule has 1 aliphatic carbocycles. The molecule has 0 bridgehead atoms. The molecule has 0 radical (unpaired) electrons. The van der Waals surface area contributed by atoms with Crippen molar-refractivity contribution in [3.05, 3.63) is 179 Å². The van der Waals surface area contributed by atoms with Gasteiger partial charge in [0.05, 0.1) is 0 Å². The van der Waals surface area contributed by atoms with Gasteiger partial charge >= 0.3 is 137 Å². The Hall–Kier alpha value is -3.64. The molecule has 0 nitrogen and oxygen atoms in total. The molecule has 50 heavy (non-hydrogen) atoms. The fourth-order valence-corrected chi connectivity index (χ4v) is 6.30. The Balaban J connectivity index is 0.000000209. The molecule has 0 saturated heterocycles. The first-order valence-corrected chi connectivity index (χ1v) is 16.4. The molecule has 9 heteroatoms. The zero-order chi connectivity index (χ0) is 34.5. The van der Waals surface area contributed by atoms with Crippen LogP contribution in [0.2, 0.25) is 0 Å². The van der Waals surface area contributed by atoms with Crippen LogP contribution in [0.1, 0.15) is 41.7 Å². The number of rotatable bonds is 3. The summed E-state index contributed by atoms with van der Waals surface area (Å²) >= 11 is 0.729. The van der Waals surface area contributed by atoms with Crippen LogP contribution in [0, 0.1) is 12.0 Å². The maximum absolute atomic E-state index is 12.7. The minimum atomic E-state index is -4.49. The van der Waals surface area contributed by atoms with Gasteiger partial charge in [-0.05, 0) is 0 Å². The number of hydrogen-bond acceptors (Lipinski definition) is 0. The molecular formula is C41H30Cl2F6Zr-2. The molecule has 0 aliphatic heterocycles. The minimum absolute atomic E-state index is 0. The number of benzene rings is 5. The largest absolute Gasteiger partial charge is 1.00 e. The van der Waals surface area contributed by atoms with E-state index in [-0.39, 0.29) is 35.9 Å². The average Bonchev–Trinajstić information content (AvgIpc) is 3.63. The smallest absolute Gasteiger partial charge is 0.0771 e. The van der Waals surface area contributed by atoms with Crippen LogP contribution in [-0.4, -0.2) is 3.21 Å². The zero-order valence-corrected chi connectivity index (χ0v) is 30.9. The molecule has 0 fully saturated rings. The average molecular weight is 799 g/mol. The quantitative estimate of drug-likeness (QED) is 0.152. The SMILES string of the molecule is CC1=[C-]C(C)C=C1c1ccccc1.FC(F)(F)c1cccc([C](=[Zr+2])c2cccc(C(F)(F)F)c2)c1.[Cl-].[Cl-].c1ccc2c(c1)[cH-]c1ccccc12. The van der Waals surface area contributed by atoms with Crippen molar-refractivity contribution in [2.45, 2.75) is 26.2 Å². The van der Waals surface area contributed by atoms with Gasteiger partial charge in [0.2, 0.25) is 0 Å². The summed E-state index contributed by atoms with van der Waals surface area (Å²) in [6, 6.07) is 38.9. The molecule has 6 aromatic rings. The van der Waals surface area contributed by atoms with Gasteiger partial charge in [-0.15, -0.1) is 45.3 Å². The molecule has 1 unspecified atom stereocenters. The Bertz CT molecular complexity index is 2000. The second kappa shape index (κ2) is 17.5. The number of hydrogen-bond donors (Lipinski definition) is 0. The molecule has 256 valence electrons. The number of alkyl halides is 6. The minimum Gasteiger partial charge on any atom is -1.00 e. The predicted molar refractivity (Wildman–Crippen MR) is 179 cm³/mol. The van der Waals surface area contributed by atoms with Crippen molar-refractivity contribution in [2.75, 3.05) is 0 Å². The van der Waals surface area contributed by atoms with E-state index in [4.69, 9.17) is 0 Å². The first kappa shape index (κ1) is 40.8. The molecular weight excluding hydrogens is 769 g/mol. The van der Waals surface area contributed by atoms with Gasteiger partial charge in [-0.3, -0.25) is 6.08 Å². The predicted octanol–water partition coefficient (Wildman–Crippen LogP) is 6.03. The zero-order valence-electron chi connectivity index (χ0n) is 26.9. The van der Waals surface area contributed by atoms with Crippen LogP contribution in [0.15, 0.2) is 145 Å². The monoisotopic (exact) mass is 796 g/mol. The third kappa shape index (κ3) is 10.2. The summed E-state index contributed by atoms with van der Waals surface area (Å²) in [5.74, 6) is 0.468. The van der Waals surface area contributed by atoms with Crippen molar-refractivity contribution in [3.8, 4) is 0 Å². The van der Waals surface area contributed by atoms with Crippen LogP contribution in [0.3, 0.4) is 0 Å². The summed E-state index contributed by atoms with van der Waals surface area (Å²) in [5, 5.41) is 5.39. The fourth-order valence-electron chi connectivity index (χ4n) is 5.54.